The van der Waals surface area contributed by atoms with Crippen LogP contribution in [0.3, 0.4) is 0 Å². The first-order valence-electron chi connectivity index (χ1n) is 30.0. The summed E-state index contributed by atoms with van der Waals surface area (Å²) in [5, 5.41) is 3.04. The quantitative estimate of drug-likeness (QED) is 0.0205. The SMILES string of the molecule is CCCCC/C=C\C/C=C\C/C=C\CCCCCCC(=O)NC(COP(=O)(O)OCC[N+](C)(C)C)C(/C=C/CCCCCCCCCCC)OC(=O)CCCCCCCCCCCCCCCCCCC. The largest absolute Gasteiger partial charge is 0.472 e. The molecule has 3 atom stereocenters. The van der Waals surface area contributed by atoms with Gasteiger partial charge in [-0.2, -0.15) is 0 Å². The van der Waals surface area contributed by atoms with Gasteiger partial charge in [0.05, 0.1) is 33.8 Å². The lowest BCUT2D eigenvalue weighted by atomic mass is 10.0. The van der Waals surface area contributed by atoms with Gasteiger partial charge in [-0.3, -0.25) is 18.6 Å². The van der Waals surface area contributed by atoms with Crippen molar-refractivity contribution in [3.05, 3.63) is 48.6 Å². The number of ether oxygens (including phenoxy) is 1. The molecular weight excluding hydrogens is 904 g/mol. The Balaban J connectivity index is 5.29. The molecule has 71 heavy (non-hydrogen) atoms. The first-order valence-corrected chi connectivity index (χ1v) is 31.5. The third-order valence-corrected chi connectivity index (χ3v) is 14.3. The molecule has 416 valence electrons. The van der Waals surface area contributed by atoms with Crippen LogP contribution in [0.2, 0.25) is 0 Å². The molecule has 0 aliphatic rings. The molecule has 0 radical (unpaired) electrons. The minimum Gasteiger partial charge on any atom is -0.456 e. The predicted molar refractivity (Wildman–Crippen MR) is 305 cm³/mol. The highest BCUT2D eigenvalue weighted by atomic mass is 31.2. The van der Waals surface area contributed by atoms with Gasteiger partial charge in [-0.1, -0.05) is 243 Å². The third kappa shape index (κ3) is 52.6. The number of unbranched alkanes of at least 4 members (excludes halogenated alkanes) is 32. The van der Waals surface area contributed by atoms with Gasteiger partial charge in [0.25, 0.3) is 0 Å². The van der Waals surface area contributed by atoms with E-state index in [1.807, 2.05) is 33.3 Å². The molecule has 0 saturated carbocycles. The number of rotatable bonds is 54. The predicted octanol–water partition coefficient (Wildman–Crippen LogP) is 18.1. The highest BCUT2D eigenvalue weighted by Gasteiger charge is 2.30. The number of hydrogen-bond acceptors (Lipinski definition) is 6. The molecule has 0 saturated heterocycles. The Kier molecular flexibility index (Phi) is 50.0. The molecule has 0 aliphatic carbocycles. The van der Waals surface area contributed by atoms with Crippen molar-refractivity contribution in [1.82, 2.24) is 5.32 Å². The second-order valence-corrected chi connectivity index (χ2v) is 23.0. The fourth-order valence-corrected chi connectivity index (χ4v) is 9.33. The number of nitrogens with zero attached hydrogens (tertiary/aromatic N) is 1. The van der Waals surface area contributed by atoms with Gasteiger partial charge in [0.2, 0.25) is 5.91 Å². The van der Waals surface area contributed by atoms with Crippen molar-refractivity contribution < 1.29 is 37.3 Å². The molecular formula is C61H116N2O7P+. The summed E-state index contributed by atoms with van der Waals surface area (Å²) in [4.78, 5) is 37.6. The Labute approximate surface area is 439 Å². The summed E-state index contributed by atoms with van der Waals surface area (Å²) in [5.41, 5.74) is 0. The molecule has 0 aromatic rings. The minimum absolute atomic E-state index is 0.0364. The molecule has 0 bridgehead atoms. The van der Waals surface area contributed by atoms with Crippen LogP contribution in [0.1, 0.15) is 278 Å². The summed E-state index contributed by atoms with van der Waals surface area (Å²) in [6.07, 6.45) is 62.4. The van der Waals surface area contributed by atoms with Gasteiger partial charge in [0.15, 0.2) is 0 Å². The monoisotopic (exact) mass is 1020 g/mol. The summed E-state index contributed by atoms with van der Waals surface area (Å²) < 4.78 is 30.6. The molecule has 0 heterocycles. The molecule has 1 amide bonds. The van der Waals surface area contributed by atoms with Gasteiger partial charge < -0.3 is 19.4 Å². The zero-order valence-corrected chi connectivity index (χ0v) is 48.4. The van der Waals surface area contributed by atoms with Crippen LogP contribution in [-0.4, -0.2) is 74.3 Å². The molecule has 2 N–H and O–H groups in total. The van der Waals surface area contributed by atoms with E-state index in [0.29, 0.717) is 17.4 Å². The van der Waals surface area contributed by atoms with E-state index < -0.39 is 20.0 Å². The number of likely N-dealkylation sites (N-methyl/N-ethyl adjacent to an activating group) is 1. The molecule has 9 nitrogen and oxygen atoms in total. The summed E-state index contributed by atoms with van der Waals surface area (Å²) in [5.74, 6) is -0.522. The average Bonchev–Trinajstić information content (AvgIpc) is 3.33. The fourth-order valence-electron chi connectivity index (χ4n) is 8.59. The second-order valence-electron chi connectivity index (χ2n) is 21.5. The molecule has 0 aliphatic heterocycles. The first-order chi connectivity index (χ1) is 34.4. The summed E-state index contributed by atoms with van der Waals surface area (Å²) in [6.45, 7) is 6.98. The van der Waals surface area contributed by atoms with Crippen molar-refractivity contribution in [2.45, 2.75) is 290 Å². The molecule has 0 fully saturated rings. The Morgan fingerprint density at radius 2 is 0.859 bits per heavy atom. The number of phosphoric acid groups is 1. The number of carbonyl (C=O) groups is 2. The average molecular weight is 1020 g/mol. The van der Waals surface area contributed by atoms with Crippen molar-refractivity contribution in [2.24, 2.45) is 0 Å². The van der Waals surface area contributed by atoms with E-state index in [9.17, 15) is 19.0 Å². The molecule has 10 heteroatoms. The zero-order chi connectivity index (χ0) is 52.2. The molecule has 0 rings (SSSR count). The number of nitrogens with one attached hydrogen (secondary N) is 1. The van der Waals surface area contributed by atoms with E-state index in [1.54, 1.807) is 0 Å². The number of allylic oxidation sites excluding steroid dienone is 7. The van der Waals surface area contributed by atoms with Gasteiger partial charge in [-0.25, -0.2) is 4.57 Å². The van der Waals surface area contributed by atoms with Crippen LogP contribution in [0.4, 0.5) is 0 Å². The Morgan fingerprint density at radius 3 is 1.31 bits per heavy atom. The third-order valence-electron chi connectivity index (χ3n) is 13.3. The smallest absolute Gasteiger partial charge is 0.456 e. The molecule has 0 spiro atoms. The van der Waals surface area contributed by atoms with Gasteiger partial charge in [0.1, 0.15) is 19.3 Å². The van der Waals surface area contributed by atoms with E-state index >= 15 is 0 Å². The van der Waals surface area contributed by atoms with Crippen LogP contribution < -0.4 is 5.32 Å². The number of quaternary nitrogens is 1. The molecule has 0 aromatic heterocycles. The van der Waals surface area contributed by atoms with Gasteiger partial charge >= 0.3 is 13.8 Å². The van der Waals surface area contributed by atoms with Crippen LogP contribution in [0.25, 0.3) is 0 Å². The van der Waals surface area contributed by atoms with Gasteiger partial charge in [-0.05, 0) is 70.3 Å². The maximum Gasteiger partial charge on any atom is 0.472 e. The number of carbonyl (C=O) groups excluding carboxylic acids is 2. The summed E-state index contributed by atoms with van der Waals surface area (Å²) in [6, 6.07) is -0.857. The van der Waals surface area contributed by atoms with Crippen LogP contribution in [-0.2, 0) is 27.9 Å². The van der Waals surface area contributed by atoms with E-state index in [-0.39, 0.29) is 31.5 Å². The summed E-state index contributed by atoms with van der Waals surface area (Å²) in [7, 11) is 1.49. The molecule has 0 aromatic carbocycles. The van der Waals surface area contributed by atoms with Crippen LogP contribution >= 0.6 is 7.82 Å². The molecule has 3 unspecified atom stereocenters. The topological polar surface area (TPSA) is 111 Å². The summed E-state index contributed by atoms with van der Waals surface area (Å²) >= 11 is 0. The maximum atomic E-state index is 13.5. The van der Waals surface area contributed by atoms with Crippen LogP contribution in [0.5, 0.6) is 0 Å². The van der Waals surface area contributed by atoms with Crippen molar-refractivity contribution in [3.8, 4) is 0 Å². The van der Waals surface area contributed by atoms with E-state index in [1.165, 1.54) is 161 Å². The zero-order valence-electron chi connectivity index (χ0n) is 47.5. The Hall–Kier alpha value is -2.03. The fraction of sp³-hybridized carbons (Fsp3) is 0.836. The number of hydrogen-bond donors (Lipinski definition) is 2. The van der Waals surface area contributed by atoms with Crippen molar-refractivity contribution in [1.29, 1.82) is 0 Å². The van der Waals surface area contributed by atoms with E-state index in [4.69, 9.17) is 13.8 Å². The minimum atomic E-state index is -4.45. The van der Waals surface area contributed by atoms with Crippen molar-refractivity contribution in [3.63, 3.8) is 0 Å². The van der Waals surface area contributed by atoms with E-state index in [0.717, 1.165) is 83.5 Å². The Bertz CT molecular complexity index is 1360. The van der Waals surface area contributed by atoms with E-state index in [2.05, 4.69) is 62.5 Å². The van der Waals surface area contributed by atoms with Crippen LogP contribution in [0, 0.1) is 0 Å². The first kappa shape index (κ1) is 69.0. The standard InChI is InChI=1S/C61H115N2O7P/c1-7-10-13-16-19-22-25-27-29-31-33-35-38-41-44-47-50-53-60(64)62-58(57-69-71(66,67)68-56-55-63(4,5)6)59(52-49-46-43-40-37-24-21-18-15-12-9-3)70-61(65)54-51-48-45-42-39-36-34-32-30-28-26-23-20-17-14-11-8-2/h19,22,27,29,33,35,49,52,58-59H,7-18,20-21,23-26,28,30-32,34,36-48,50-51,53-57H2,1-6H3,(H-,62,64,66,67)/p+1/b22-19-,29-27-,35-33-,52-49+. The van der Waals surface area contributed by atoms with Crippen molar-refractivity contribution >= 4 is 19.7 Å². The lowest BCUT2D eigenvalue weighted by Crippen LogP contribution is -2.47. The highest BCUT2D eigenvalue weighted by molar-refractivity contribution is 7.47. The normalized spacial score (nSPS) is 14.1. The number of amides is 1. The Morgan fingerprint density at radius 1 is 0.493 bits per heavy atom. The van der Waals surface area contributed by atoms with Gasteiger partial charge in [0, 0.05) is 12.8 Å². The number of esters is 1. The maximum absolute atomic E-state index is 13.5. The lowest BCUT2D eigenvalue weighted by Gasteiger charge is -2.27. The van der Waals surface area contributed by atoms with Crippen molar-refractivity contribution in [2.75, 3.05) is 40.9 Å². The number of phosphoric ester groups is 1. The highest BCUT2D eigenvalue weighted by Crippen LogP contribution is 2.43. The van der Waals surface area contributed by atoms with Crippen LogP contribution in [0.15, 0.2) is 48.6 Å². The lowest BCUT2D eigenvalue weighted by molar-refractivity contribution is -0.870. The van der Waals surface area contributed by atoms with Gasteiger partial charge in [-0.15, -0.1) is 0 Å². The second kappa shape index (κ2) is 51.5.